The maximum absolute atomic E-state index is 13.3. The average molecular weight is 418 g/mol. The van der Waals surface area contributed by atoms with E-state index in [-0.39, 0.29) is 24.1 Å². The number of nitrogens with two attached hydrogens (primary N) is 1. The van der Waals surface area contributed by atoms with Crippen molar-refractivity contribution in [3.05, 3.63) is 71.7 Å². The van der Waals surface area contributed by atoms with Crippen LogP contribution in [0.2, 0.25) is 0 Å². The van der Waals surface area contributed by atoms with Gasteiger partial charge in [-0.1, -0.05) is 35.8 Å². The van der Waals surface area contributed by atoms with Crippen molar-refractivity contribution in [2.75, 3.05) is 19.3 Å². The van der Waals surface area contributed by atoms with Gasteiger partial charge in [0.15, 0.2) is 0 Å². The number of hydrogen-bond acceptors (Lipinski definition) is 4. The van der Waals surface area contributed by atoms with E-state index in [1.54, 1.807) is 36.2 Å². The minimum absolute atomic E-state index is 0. The SMILES string of the molecule is CN(CCCCCc1cc(-c2cccc(F)c2)no1)C(=O)c1ccccc1N.Cl. The van der Waals surface area contributed by atoms with Crippen LogP contribution in [0.4, 0.5) is 10.1 Å². The summed E-state index contributed by atoms with van der Waals surface area (Å²) >= 11 is 0. The van der Waals surface area contributed by atoms with E-state index in [0.29, 0.717) is 29.1 Å². The van der Waals surface area contributed by atoms with Gasteiger partial charge in [-0.25, -0.2) is 4.39 Å². The zero-order valence-corrected chi connectivity index (χ0v) is 17.1. The lowest BCUT2D eigenvalue weighted by atomic mass is 10.1. The maximum Gasteiger partial charge on any atom is 0.255 e. The van der Waals surface area contributed by atoms with Crippen LogP contribution in [0.1, 0.15) is 35.4 Å². The van der Waals surface area contributed by atoms with Crippen molar-refractivity contribution >= 4 is 24.0 Å². The molecule has 2 N–H and O–H groups in total. The number of nitrogens with zero attached hydrogens (tertiary/aromatic N) is 2. The predicted octanol–water partition coefficient (Wildman–Crippen LogP) is 4.97. The number of hydrogen-bond donors (Lipinski definition) is 1. The molecular formula is C22H25ClFN3O2. The summed E-state index contributed by atoms with van der Waals surface area (Å²) in [6, 6.07) is 15.2. The van der Waals surface area contributed by atoms with Crippen molar-refractivity contribution in [1.29, 1.82) is 0 Å². The summed E-state index contributed by atoms with van der Waals surface area (Å²) in [4.78, 5) is 14.1. The highest BCUT2D eigenvalue weighted by Crippen LogP contribution is 2.21. The van der Waals surface area contributed by atoms with Crippen LogP contribution in [0, 0.1) is 5.82 Å². The molecule has 1 aromatic heterocycles. The number of benzene rings is 2. The Labute approximate surface area is 176 Å². The number of anilines is 1. The summed E-state index contributed by atoms with van der Waals surface area (Å²) < 4.78 is 18.7. The van der Waals surface area contributed by atoms with Gasteiger partial charge in [-0.2, -0.15) is 0 Å². The average Bonchev–Trinajstić information content (AvgIpc) is 3.16. The topological polar surface area (TPSA) is 72.4 Å². The molecular weight excluding hydrogens is 393 g/mol. The van der Waals surface area contributed by atoms with Crippen molar-refractivity contribution in [1.82, 2.24) is 10.1 Å². The van der Waals surface area contributed by atoms with Crippen LogP contribution in [0.15, 0.2) is 59.1 Å². The highest BCUT2D eigenvalue weighted by Gasteiger charge is 2.13. The van der Waals surface area contributed by atoms with Gasteiger partial charge in [0.05, 0.1) is 5.56 Å². The highest BCUT2D eigenvalue weighted by molar-refractivity contribution is 5.98. The largest absolute Gasteiger partial charge is 0.398 e. The van der Waals surface area contributed by atoms with Crippen LogP contribution in [0.5, 0.6) is 0 Å². The smallest absolute Gasteiger partial charge is 0.255 e. The normalized spacial score (nSPS) is 10.4. The Bertz CT molecular complexity index is 945. The number of aryl methyl sites for hydroxylation is 1. The van der Waals surface area contributed by atoms with Crippen molar-refractivity contribution in [3.8, 4) is 11.3 Å². The number of nitrogen functional groups attached to an aromatic ring is 1. The van der Waals surface area contributed by atoms with Gasteiger partial charge in [0.25, 0.3) is 5.91 Å². The minimum Gasteiger partial charge on any atom is -0.398 e. The molecule has 154 valence electrons. The molecule has 3 rings (SSSR count). The monoisotopic (exact) mass is 417 g/mol. The number of aromatic nitrogens is 1. The molecule has 0 aliphatic heterocycles. The Kier molecular flexibility index (Phi) is 8.21. The summed E-state index contributed by atoms with van der Waals surface area (Å²) in [7, 11) is 1.79. The van der Waals surface area contributed by atoms with Gasteiger partial charge in [0.1, 0.15) is 17.3 Å². The van der Waals surface area contributed by atoms with E-state index in [0.717, 1.165) is 31.4 Å². The summed E-state index contributed by atoms with van der Waals surface area (Å²) in [5.41, 5.74) is 8.25. The first-order valence-corrected chi connectivity index (χ1v) is 9.36. The van der Waals surface area contributed by atoms with E-state index >= 15 is 0 Å². The Hall–Kier alpha value is -2.86. The van der Waals surface area contributed by atoms with Gasteiger partial charge >= 0.3 is 0 Å². The van der Waals surface area contributed by atoms with Gasteiger partial charge in [0, 0.05) is 37.3 Å². The zero-order valence-electron chi connectivity index (χ0n) is 16.3. The molecule has 0 radical (unpaired) electrons. The summed E-state index contributed by atoms with van der Waals surface area (Å²) in [5.74, 6) is 0.423. The first-order chi connectivity index (χ1) is 13.5. The maximum atomic E-state index is 13.3. The lowest BCUT2D eigenvalue weighted by Gasteiger charge is -2.18. The molecule has 2 aromatic carbocycles. The fourth-order valence-corrected chi connectivity index (χ4v) is 3.04. The molecule has 1 amide bonds. The molecule has 29 heavy (non-hydrogen) atoms. The molecule has 0 atom stereocenters. The second-order valence-electron chi connectivity index (χ2n) is 6.81. The fourth-order valence-electron chi connectivity index (χ4n) is 3.04. The van der Waals surface area contributed by atoms with Crippen LogP contribution >= 0.6 is 12.4 Å². The van der Waals surface area contributed by atoms with Gasteiger partial charge in [-0.05, 0) is 37.1 Å². The molecule has 3 aromatic rings. The van der Waals surface area contributed by atoms with Crippen LogP contribution in [-0.4, -0.2) is 29.6 Å². The molecule has 0 spiro atoms. The van der Waals surface area contributed by atoms with E-state index in [1.165, 1.54) is 12.1 Å². The molecule has 0 aliphatic carbocycles. The summed E-state index contributed by atoms with van der Waals surface area (Å²) in [5, 5.41) is 4.01. The summed E-state index contributed by atoms with van der Waals surface area (Å²) in [6.07, 6.45) is 3.52. The molecule has 0 saturated carbocycles. The molecule has 0 fully saturated rings. The third kappa shape index (κ3) is 6.06. The van der Waals surface area contributed by atoms with Crippen LogP contribution in [0.25, 0.3) is 11.3 Å². The highest BCUT2D eigenvalue weighted by atomic mass is 35.5. The van der Waals surface area contributed by atoms with E-state index < -0.39 is 0 Å². The van der Waals surface area contributed by atoms with Crippen molar-refractivity contribution in [3.63, 3.8) is 0 Å². The van der Waals surface area contributed by atoms with Crippen LogP contribution < -0.4 is 5.73 Å². The third-order valence-corrected chi connectivity index (χ3v) is 4.63. The number of unbranched alkanes of at least 4 members (excludes halogenated alkanes) is 2. The number of carbonyl (C=O) groups is 1. The van der Waals surface area contributed by atoms with Gasteiger partial charge in [-0.3, -0.25) is 4.79 Å². The van der Waals surface area contributed by atoms with Crippen LogP contribution in [-0.2, 0) is 6.42 Å². The molecule has 1 heterocycles. The van der Waals surface area contributed by atoms with E-state index in [2.05, 4.69) is 5.16 Å². The lowest BCUT2D eigenvalue weighted by molar-refractivity contribution is 0.0793. The van der Waals surface area contributed by atoms with Gasteiger partial charge in [-0.15, -0.1) is 12.4 Å². The molecule has 5 nitrogen and oxygen atoms in total. The van der Waals surface area contributed by atoms with Crippen molar-refractivity contribution < 1.29 is 13.7 Å². The third-order valence-electron chi connectivity index (χ3n) is 4.63. The zero-order chi connectivity index (χ0) is 19.9. The number of amides is 1. The molecule has 0 aliphatic rings. The second kappa shape index (κ2) is 10.6. The number of para-hydroxylation sites is 1. The number of rotatable bonds is 8. The van der Waals surface area contributed by atoms with Crippen molar-refractivity contribution in [2.24, 2.45) is 0 Å². The molecule has 0 bridgehead atoms. The minimum atomic E-state index is -0.294. The first kappa shape index (κ1) is 22.4. The Morgan fingerprint density at radius 3 is 2.66 bits per heavy atom. The Balaban J connectivity index is 0.00000300. The van der Waals surface area contributed by atoms with E-state index in [9.17, 15) is 9.18 Å². The first-order valence-electron chi connectivity index (χ1n) is 9.36. The fraction of sp³-hybridized carbons (Fsp3) is 0.273. The Morgan fingerprint density at radius 1 is 1.10 bits per heavy atom. The van der Waals surface area contributed by atoms with E-state index in [1.807, 2.05) is 18.2 Å². The number of carbonyl (C=O) groups excluding carboxylic acids is 1. The van der Waals surface area contributed by atoms with Gasteiger partial charge in [0.2, 0.25) is 0 Å². The van der Waals surface area contributed by atoms with E-state index in [4.69, 9.17) is 10.3 Å². The Morgan fingerprint density at radius 2 is 1.90 bits per heavy atom. The second-order valence-corrected chi connectivity index (χ2v) is 6.81. The molecule has 0 unspecified atom stereocenters. The molecule has 0 saturated heterocycles. The number of halogens is 2. The quantitative estimate of drug-likeness (QED) is 0.415. The standard InChI is InChI=1S/C22H24FN3O2.ClH/c1-26(22(27)19-11-4-5-12-20(19)24)13-6-2-3-10-18-15-21(25-28-18)16-8-7-9-17(23)14-16;/h4-5,7-9,11-12,14-15H,2-3,6,10,13,24H2,1H3;1H. The van der Waals surface area contributed by atoms with Crippen molar-refractivity contribution in [2.45, 2.75) is 25.7 Å². The lowest BCUT2D eigenvalue weighted by Crippen LogP contribution is -2.28. The predicted molar refractivity (Wildman–Crippen MR) is 115 cm³/mol. The molecule has 7 heteroatoms. The van der Waals surface area contributed by atoms with Crippen LogP contribution in [0.3, 0.4) is 0 Å². The summed E-state index contributed by atoms with van der Waals surface area (Å²) in [6.45, 7) is 0.665. The van der Waals surface area contributed by atoms with Gasteiger partial charge < -0.3 is 15.2 Å².